The van der Waals surface area contributed by atoms with Crippen LogP contribution in [0.4, 0.5) is 0 Å². The normalized spacial score (nSPS) is 41.2. The van der Waals surface area contributed by atoms with Gasteiger partial charge in [0.05, 0.1) is 12.2 Å². The van der Waals surface area contributed by atoms with Crippen molar-refractivity contribution in [1.29, 1.82) is 0 Å². The van der Waals surface area contributed by atoms with Gasteiger partial charge in [0.2, 0.25) is 0 Å². The van der Waals surface area contributed by atoms with Gasteiger partial charge >= 0.3 is 0 Å². The largest absolute Gasteiger partial charge is 0.392 e. The van der Waals surface area contributed by atoms with Crippen LogP contribution in [-0.4, -0.2) is 41.8 Å². The summed E-state index contributed by atoms with van der Waals surface area (Å²) in [4.78, 5) is 11.2. The molecule has 6 atom stereocenters. The third kappa shape index (κ3) is 3.60. The molecule has 6 unspecified atom stereocenters. The number of hydrogen-bond acceptors (Lipinski definition) is 4. The molecule has 116 valence electrons. The number of ketones is 1. The van der Waals surface area contributed by atoms with E-state index in [2.05, 4.69) is 12.2 Å². The van der Waals surface area contributed by atoms with E-state index in [0.29, 0.717) is 18.6 Å². The van der Waals surface area contributed by atoms with Crippen molar-refractivity contribution in [3.8, 4) is 0 Å². The molecule has 0 aromatic heterocycles. The Hall–Kier alpha value is -0.450. The molecule has 0 amide bonds. The van der Waals surface area contributed by atoms with E-state index in [1.54, 1.807) is 6.92 Å². The molecule has 2 fully saturated rings. The van der Waals surface area contributed by atoms with E-state index >= 15 is 0 Å². The zero-order chi connectivity index (χ0) is 14.7. The summed E-state index contributed by atoms with van der Waals surface area (Å²) in [7, 11) is 0. The summed E-state index contributed by atoms with van der Waals surface area (Å²) in [6.45, 7) is 6.54. The number of piperidine rings is 1. The van der Waals surface area contributed by atoms with E-state index in [-0.39, 0.29) is 29.8 Å². The fourth-order valence-corrected chi connectivity index (χ4v) is 4.00. The average molecular weight is 283 g/mol. The number of fused-ring (bicyclic) bond motifs is 1. The Balaban J connectivity index is 1.98. The molecule has 2 rings (SSSR count). The predicted octanol–water partition coefficient (Wildman–Crippen LogP) is 1.90. The zero-order valence-electron chi connectivity index (χ0n) is 13.0. The van der Waals surface area contributed by atoms with Crippen molar-refractivity contribution in [3.63, 3.8) is 0 Å². The highest BCUT2D eigenvalue weighted by atomic mass is 16.5. The molecular formula is C16H29NO3. The molecule has 0 bridgehead atoms. The van der Waals surface area contributed by atoms with Crippen LogP contribution in [0, 0.1) is 11.8 Å². The van der Waals surface area contributed by atoms with Crippen molar-refractivity contribution in [3.05, 3.63) is 0 Å². The Morgan fingerprint density at radius 1 is 1.40 bits per heavy atom. The fourth-order valence-electron chi connectivity index (χ4n) is 4.00. The van der Waals surface area contributed by atoms with Crippen LogP contribution in [0.25, 0.3) is 0 Å². The van der Waals surface area contributed by atoms with Crippen molar-refractivity contribution in [2.45, 2.75) is 77.2 Å². The van der Waals surface area contributed by atoms with Crippen LogP contribution in [0.2, 0.25) is 0 Å². The van der Waals surface area contributed by atoms with Gasteiger partial charge in [0, 0.05) is 36.9 Å². The van der Waals surface area contributed by atoms with E-state index < -0.39 is 0 Å². The minimum Gasteiger partial charge on any atom is -0.392 e. The quantitative estimate of drug-likeness (QED) is 0.809. The SMILES string of the molecule is CCOC1CCC2NC(C)C(CCC(C)=O)C(O)C2C1. The molecule has 2 N–H and O–H groups in total. The molecular weight excluding hydrogens is 254 g/mol. The summed E-state index contributed by atoms with van der Waals surface area (Å²) in [6, 6.07) is 0.694. The Kier molecular flexibility index (Phi) is 5.58. The van der Waals surface area contributed by atoms with E-state index in [0.717, 1.165) is 32.3 Å². The maximum absolute atomic E-state index is 11.2. The third-order valence-corrected chi connectivity index (χ3v) is 5.08. The van der Waals surface area contributed by atoms with Crippen molar-refractivity contribution >= 4 is 5.78 Å². The van der Waals surface area contributed by atoms with Gasteiger partial charge in [-0.1, -0.05) is 0 Å². The Morgan fingerprint density at radius 3 is 2.80 bits per heavy atom. The number of Topliss-reactive ketones (excluding diaryl/α,β-unsaturated/α-hetero) is 1. The second kappa shape index (κ2) is 7.01. The van der Waals surface area contributed by atoms with Gasteiger partial charge in [0.15, 0.2) is 0 Å². The summed E-state index contributed by atoms with van der Waals surface area (Å²) in [6.07, 6.45) is 4.44. The highest BCUT2D eigenvalue weighted by Crippen LogP contribution is 2.38. The molecule has 0 aromatic carbocycles. The third-order valence-electron chi connectivity index (χ3n) is 5.08. The first kappa shape index (κ1) is 15.9. The number of hydrogen-bond donors (Lipinski definition) is 2. The maximum atomic E-state index is 11.2. The smallest absolute Gasteiger partial charge is 0.129 e. The Bertz CT molecular complexity index is 334. The lowest BCUT2D eigenvalue weighted by Crippen LogP contribution is -2.60. The summed E-state index contributed by atoms with van der Waals surface area (Å²) in [5, 5.41) is 14.4. The van der Waals surface area contributed by atoms with Crippen LogP contribution < -0.4 is 5.32 Å². The average Bonchev–Trinajstić information content (AvgIpc) is 2.39. The van der Waals surface area contributed by atoms with E-state index in [4.69, 9.17) is 4.74 Å². The predicted molar refractivity (Wildman–Crippen MR) is 78.6 cm³/mol. The number of ether oxygens (including phenoxy) is 1. The van der Waals surface area contributed by atoms with Crippen LogP contribution in [0.15, 0.2) is 0 Å². The van der Waals surface area contributed by atoms with E-state index in [1.165, 1.54) is 0 Å². The number of rotatable bonds is 5. The molecule has 0 radical (unpaired) electrons. The van der Waals surface area contributed by atoms with Gasteiger partial charge < -0.3 is 20.0 Å². The molecule has 1 saturated carbocycles. The summed E-state index contributed by atoms with van der Waals surface area (Å²) >= 11 is 0. The lowest BCUT2D eigenvalue weighted by molar-refractivity contribution is -0.118. The van der Waals surface area contributed by atoms with Crippen LogP contribution in [0.1, 0.15) is 52.9 Å². The second-order valence-electron chi connectivity index (χ2n) is 6.51. The van der Waals surface area contributed by atoms with Crippen LogP contribution in [0.5, 0.6) is 0 Å². The summed E-state index contributed by atoms with van der Waals surface area (Å²) in [5.41, 5.74) is 0. The molecule has 0 spiro atoms. The van der Waals surface area contributed by atoms with Crippen LogP contribution in [0.3, 0.4) is 0 Å². The lowest BCUT2D eigenvalue weighted by Gasteiger charge is -2.49. The topological polar surface area (TPSA) is 58.6 Å². The second-order valence-corrected chi connectivity index (χ2v) is 6.51. The summed E-state index contributed by atoms with van der Waals surface area (Å²) < 4.78 is 5.75. The van der Waals surface area contributed by atoms with Gasteiger partial charge in [-0.2, -0.15) is 0 Å². The Morgan fingerprint density at radius 2 is 2.15 bits per heavy atom. The molecule has 4 heteroatoms. The van der Waals surface area contributed by atoms with Gasteiger partial charge in [-0.15, -0.1) is 0 Å². The molecule has 20 heavy (non-hydrogen) atoms. The Labute approximate surface area is 122 Å². The molecule has 4 nitrogen and oxygen atoms in total. The number of aliphatic hydroxyl groups is 1. The lowest BCUT2D eigenvalue weighted by atomic mass is 9.69. The van der Waals surface area contributed by atoms with Crippen molar-refractivity contribution in [2.24, 2.45) is 11.8 Å². The van der Waals surface area contributed by atoms with Crippen molar-refractivity contribution in [1.82, 2.24) is 5.32 Å². The van der Waals surface area contributed by atoms with Crippen LogP contribution in [-0.2, 0) is 9.53 Å². The number of carbonyl (C=O) groups is 1. The first-order chi connectivity index (χ1) is 9.52. The van der Waals surface area contributed by atoms with Gasteiger partial charge in [0.25, 0.3) is 0 Å². The van der Waals surface area contributed by atoms with Gasteiger partial charge in [-0.3, -0.25) is 0 Å². The first-order valence-electron chi connectivity index (χ1n) is 8.08. The highest BCUT2D eigenvalue weighted by molar-refractivity contribution is 5.75. The maximum Gasteiger partial charge on any atom is 0.129 e. The summed E-state index contributed by atoms with van der Waals surface area (Å²) in [5.74, 6) is 0.663. The minimum absolute atomic E-state index is 0.181. The zero-order valence-corrected chi connectivity index (χ0v) is 13.0. The monoisotopic (exact) mass is 283 g/mol. The minimum atomic E-state index is -0.307. The van der Waals surface area contributed by atoms with E-state index in [1.807, 2.05) is 6.92 Å². The number of aliphatic hydroxyl groups excluding tert-OH is 1. The fraction of sp³-hybridized carbons (Fsp3) is 0.938. The van der Waals surface area contributed by atoms with Gasteiger partial charge in [0.1, 0.15) is 5.78 Å². The van der Waals surface area contributed by atoms with Crippen molar-refractivity contribution < 1.29 is 14.6 Å². The molecule has 0 aromatic rings. The molecule has 1 heterocycles. The van der Waals surface area contributed by atoms with Crippen molar-refractivity contribution in [2.75, 3.05) is 6.61 Å². The standard InChI is InChI=1S/C16H29NO3/c1-4-20-12-6-8-15-14(9-12)16(19)13(11(3)17-15)7-5-10(2)18/h11-17,19H,4-9H2,1-3H3. The molecule has 2 aliphatic rings. The van der Waals surface area contributed by atoms with Gasteiger partial charge in [-0.25, -0.2) is 0 Å². The molecule has 1 saturated heterocycles. The highest BCUT2D eigenvalue weighted by Gasteiger charge is 2.44. The van der Waals surface area contributed by atoms with Crippen LogP contribution >= 0.6 is 0 Å². The van der Waals surface area contributed by atoms with Gasteiger partial charge in [-0.05, 0) is 46.5 Å². The number of nitrogens with one attached hydrogen (secondary N) is 1. The molecule has 1 aliphatic carbocycles. The first-order valence-corrected chi connectivity index (χ1v) is 8.08. The number of carbonyl (C=O) groups excluding carboxylic acids is 1. The molecule has 1 aliphatic heterocycles. The van der Waals surface area contributed by atoms with E-state index in [9.17, 15) is 9.90 Å².